The van der Waals surface area contributed by atoms with Gasteiger partial charge < -0.3 is 5.11 Å². The molecule has 1 nitrogen and oxygen atoms in total. The van der Waals surface area contributed by atoms with E-state index in [0.29, 0.717) is 0 Å². The fourth-order valence-electron chi connectivity index (χ4n) is 1.95. The molecule has 0 aliphatic carbocycles. The van der Waals surface area contributed by atoms with Crippen molar-refractivity contribution in [3.05, 3.63) is 65.7 Å². The van der Waals surface area contributed by atoms with Gasteiger partial charge in [-0.25, -0.2) is 0 Å². The molecule has 1 unspecified atom stereocenters. The molecule has 2 heteroatoms. The van der Waals surface area contributed by atoms with Crippen molar-refractivity contribution in [1.29, 1.82) is 0 Å². The molecule has 1 atom stereocenters. The maximum atomic E-state index is 10.1. The number of rotatable bonds is 6. The highest BCUT2D eigenvalue weighted by molar-refractivity contribution is 7.99. The summed E-state index contributed by atoms with van der Waals surface area (Å²) in [5.41, 5.74) is 2.55. The van der Waals surface area contributed by atoms with Crippen LogP contribution < -0.4 is 0 Å². The lowest BCUT2D eigenvalue weighted by molar-refractivity contribution is 0.200. The van der Waals surface area contributed by atoms with Gasteiger partial charge in [0, 0.05) is 10.6 Å². The lowest BCUT2D eigenvalue weighted by atomic mass is 10.1. The van der Waals surface area contributed by atoms with Crippen LogP contribution in [0, 0.1) is 0 Å². The third-order valence-electron chi connectivity index (χ3n) is 3.09. The molecule has 0 aromatic heterocycles. The minimum atomic E-state index is -0.294. The van der Waals surface area contributed by atoms with E-state index in [1.807, 2.05) is 18.2 Å². The van der Waals surface area contributed by atoms with Crippen LogP contribution in [0.2, 0.25) is 0 Å². The summed E-state index contributed by atoms with van der Waals surface area (Å²) in [4.78, 5) is 1.21. The Kier molecular flexibility index (Phi) is 5.49. The fourth-order valence-corrected chi connectivity index (χ4v) is 2.80. The Morgan fingerprint density at radius 1 is 0.947 bits per heavy atom. The van der Waals surface area contributed by atoms with Gasteiger partial charge in [0.25, 0.3) is 0 Å². The van der Waals surface area contributed by atoms with Crippen LogP contribution in [0.15, 0.2) is 59.5 Å². The minimum Gasteiger partial charge on any atom is -0.392 e. The first-order valence-corrected chi connectivity index (χ1v) is 7.70. The molecule has 0 radical (unpaired) electrons. The Balaban J connectivity index is 1.82. The van der Waals surface area contributed by atoms with Gasteiger partial charge in [0.05, 0.1) is 6.10 Å². The Bertz CT molecular complexity index is 478. The quantitative estimate of drug-likeness (QED) is 0.804. The summed E-state index contributed by atoms with van der Waals surface area (Å²) < 4.78 is 0. The van der Waals surface area contributed by atoms with Gasteiger partial charge >= 0.3 is 0 Å². The largest absolute Gasteiger partial charge is 0.392 e. The summed E-state index contributed by atoms with van der Waals surface area (Å²) in [7, 11) is 0. The Hall–Kier alpha value is -1.25. The van der Waals surface area contributed by atoms with Crippen molar-refractivity contribution < 1.29 is 5.11 Å². The van der Waals surface area contributed by atoms with Crippen LogP contribution in [0.25, 0.3) is 0 Å². The molecule has 0 saturated carbocycles. The molecule has 2 aromatic rings. The van der Waals surface area contributed by atoms with Crippen LogP contribution in [0.5, 0.6) is 0 Å². The molecule has 0 spiro atoms. The molecule has 0 amide bonds. The summed E-state index contributed by atoms with van der Waals surface area (Å²) >= 11 is 1.71. The first-order valence-electron chi connectivity index (χ1n) is 6.71. The SMILES string of the molecule is CCc1ccc(CC(O)CSc2ccccc2)cc1. The Morgan fingerprint density at radius 2 is 1.58 bits per heavy atom. The third kappa shape index (κ3) is 4.73. The normalized spacial score (nSPS) is 12.3. The van der Waals surface area contributed by atoms with Gasteiger partial charge in [0.1, 0.15) is 0 Å². The van der Waals surface area contributed by atoms with Crippen LogP contribution in [0.4, 0.5) is 0 Å². The monoisotopic (exact) mass is 272 g/mol. The highest BCUT2D eigenvalue weighted by atomic mass is 32.2. The molecular weight excluding hydrogens is 252 g/mol. The van der Waals surface area contributed by atoms with E-state index < -0.39 is 0 Å². The van der Waals surface area contributed by atoms with Gasteiger partial charge in [-0.15, -0.1) is 11.8 Å². The van der Waals surface area contributed by atoms with Gasteiger partial charge in [-0.2, -0.15) is 0 Å². The van der Waals surface area contributed by atoms with Crippen molar-refractivity contribution in [3.8, 4) is 0 Å². The van der Waals surface area contributed by atoms with Gasteiger partial charge in [0.2, 0.25) is 0 Å². The standard InChI is InChI=1S/C17H20OS/c1-2-14-8-10-15(11-9-14)12-16(18)13-19-17-6-4-3-5-7-17/h3-11,16,18H,2,12-13H2,1H3. The molecule has 2 rings (SSSR count). The molecule has 0 bridgehead atoms. The van der Waals surface area contributed by atoms with Gasteiger partial charge in [-0.1, -0.05) is 49.4 Å². The summed E-state index contributed by atoms with van der Waals surface area (Å²) in [5.74, 6) is 0.736. The summed E-state index contributed by atoms with van der Waals surface area (Å²) in [6.07, 6.45) is 1.49. The fraction of sp³-hybridized carbons (Fsp3) is 0.294. The van der Waals surface area contributed by atoms with Crippen molar-refractivity contribution >= 4 is 11.8 Å². The van der Waals surface area contributed by atoms with E-state index >= 15 is 0 Å². The second-order valence-corrected chi connectivity index (χ2v) is 5.75. The maximum Gasteiger partial charge on any atom is 0.0674 e. The average molecular weight is 272 g/mol. The zero-order valence-corrected chi connectivity index (χ0v) is 12.1. The summed E-state index contributed by atoms with van der Waals surface area (Å²) in [6, 6.07) is 18.7. The van der Waals surface area contributed by atoms with Crippen molar-refractivity contribution in [2.45, 2.75) is 30.8 Å². The average Bonchev–Trinajstić information content (AvgIpc) is 2.47. The Morgan fingerprint density at radius 3 is 2.21 bits per heavy atom. The lowest BCUT2D eigenvalue weighted by Crippen LogP contribution is -2.13. The van der Waals surface area contributed by atoms with Crippen LogP contribution >= 0.6 is 11.8 Å². The van der Waals surface area contributed by atoms with Crippen LogP contribution in [0.1, 0.15) is 18.1 Å². The topological polar surface area (TPSA) is 20.2 Å². The summed E-state index contributed by atoms with van der Waals surface area (Å²) in [6.45, 7) is 2.15. The van der Waals surface area contributed by atoms with Gasteiger partial charge in [-0.05, 0) is 36.1 Å². The van der Waals surface area contributed by atoms with Crippen molar-refractivity contribution in [1.82, 2.24) is 0 Å². The molecule has 0 heterocycles. The van der Waals surface area contributed by atoms with E-state index in [1.165, 1.54) is 16.0 Å². The van der Waals surface area contributed by atoms with E-state index in [9.17, 15) is 5.11 Å². The highest BCUT2D eigenvalue weighted by Gasteiger charge is 2.06. The van der Waals surface area contributed by atoms with Crippen LogP contribution in [-0.4, -0.2) is 17.0 Å². The summed E-state index contributed by atoms with van der Waals surface area (Å²) in [5, 5.41) is 10.1. The van der Waals surface area contributed by atoms with Crippen molar-refractivity contribution in [3.63, 3.8) is 0 Å². The predicted molar refractivity (Wildman–Crippen MR) is 82.7 cm³/mol. The smallest absolute Gasteiger partial charge is 0.0674 e. The molecule has 2 aromatic carbocycles. The number of aryl methyl sites for hydroxylation is 1. The molecule has 0 aliphatic rings. The van der Waals surface area contributed by atoms with E-state index in [2.05, 4.69) is 43.3 Å². The predicted octanol–water partition coefficient (Wildman–Crippen LogP) is 3.94. The maximum absolute atomic E-state index is 10.1. The van der Waals surface area contributed by atoms with Crippen molar-refractivity contribution in [2.75, 3.05) is 5.75 Å². The number of benzene rings is 2. The Labute approximate surface area is 119 Å². The molecular formula is C17H20OS. The first kappa shape index (κ1) is 14.2. The zero-order chi connectivity index (χ0) is 13.5. The first-order chi connectivity index (χ1) is 9.28. The van der Waals surface area contributed by atoms with Crippen LogP contribution in [-0.2, 0) is 12.8 Å². The van der Waals surface area contributed by atoms with E-state index in [0.717, 1.165) is 18.6 Å². The number of aliphatic hydroxyl groups excluding tert-OH is 1. The number of hydrogen-bond donors (Lipinski definition) is 1. The molecule has 19 heavy (non-hydrogen) atoms. The third-order valence-corrected chi connectivity index (χ3v) is 4.25. The molecule has 1 N–H and O–H groups in total. The number of aliphatic hydroxyl groups is 1. The minimum absolute atomic E-state index is 0.294. The number of hydrogen-bond acceptors (Lipinski definition) is 2. The van der Waals surface area contributed by atoms with Gasteiger partial charge in [-0.3, -0.25) is 0 Å². The second kappa shape index (κ2) is 7.37. The second-order valence-electron chi connectivity index (χ2n) is 4.65. The highest BCUT2D eigenvalue weighted by Crippen LogP contribution is 2.19. The van der Waals surface area contributed by atoms with E-state index in [4.69, 9.17) is 0 Å². The zero-order valence-electron chi connectivity index (χ0n) is 11.3. The molecule has 100 valence electrons. The van der Waals surface area contributed by atoms with Gasteiger partial charge in [0.15, 0.2) is 0 Å². The number of thioether (sulfide) groups is 1. The van der Waals surface area contributed by atoms with E-state index in [-0.39, 0.29) is 6.10 Å². The van der Waals surface area contributed by atoms with Crippen molar-refractivity contribution in [2.24, 2.45) is 0 Å². The molecule has 0 saturated heterocycles. The van der Waals surface area contributed by atoms with Crippen LogP contribution in [0.3, 0.4) is 0 Å². The lowest BCUT2D eigenvalue weighted by Gasteiger charge is -2.10. The molecule has 0 fully saturated rings. The van der Waals surface area contributed by atoms with E-state index in [1.54, 1.807) is 11.8 Å². The molecule has 0 aliphatic heterocycles.